The highest BCUT2D eigenvalue weighted by Gasteiger charge is 2.29. The molecule has 0 saturated carbocycles. The summed E-state index contributed by atoms with van der Waals surface area (Å²) < 4.78 is 1.66. The maximum Gasteiger partial charge on any atom is 0.274 e. The van der Waals surface area contributed by atoms with E-state index in [1.54, 1.807) is 15.8 Å². The molecule has 2 aromatic heterocycles. The van der Waals surface area contributed by atoms with Crippen molar-refractivity contribution in [1.29, 1.82) is 0 Å². The number of aromatic amines is 1. The lowest BCUT2D eigenvalue weighted by Crippen LogP contribution is -2.43. The van der Waals surface area contributed by atoms with E-state index < -0.39 is 6.10 Å². The Hall–Kier alpha value is -3.52. The number of piperidine rings is 1. The Balaban J connectivity index is 1.58. The first kappa shape index (κ1) is 18.5. The summed E-state index contributed by atoms with van der Waals surface area (Å²) in [5.74, 6) is -0.156. The van der Waals surface area contributed by atoms with E-state index in [1.165, 1.54) is 0 Å². The van der Waals surface area contributed by atoms with Crippen LogP contribution in [0, 0.1) is 0 Å². The molecule has 5 rings (SSSR count). The summed E-state index contributed by atoms with van der Waals surface area (Å²) in [6.07, 6.45) is 2.75. The molecule has 2 N–H and O–H groups in total. The summed E-state index contributed by atoms with van der Waals surface area (Å²) in [6, 6.07) is 15.7. The summed E-state index contributed by atoms with van der Waals surface area (Å²) in [6.45, 7) is 1.39. The highest BCUT2D eigenvalue weighted by molar-refractivity contribution is 5.99. The van der Waals surface area contributed by atoms with Crippen LogP contribution in [0.4, 0.5) is 0 Å². The minimum atomic E-state index is -0.494. The Morgan fingerprint density at radius 1 is 1.20 bits per heavy atom. The van der Waals surface area contributed by atoms with E-state index in [1.807, 2.05) is 48.5 Å². The maximum atomic E-state index is 13.5. The second-order valence-electron chi connectivity index (χ2n) is 7.65. The molecule has 3 heterocycles. The van der Waals surface area contributed by atoms with Crippen LogP contribution in [-0.2, 0) is 6.54 Å². The monoisotopic (exact) mass is 402 g/mol. The van der Waals surface area contributed by atoms with Crippen LogP contribution in [0.5, 0.6) is 0 Å². The van der Waals surface area contributed by atoms with E-state index in [0.717, 1.165) is 34.9 Å². The molecular formula is C22H22N6O2. The minimum Gasteiger partial charge on any atom is -0.391 e. The second kappa shape index (κ2) is 7.72. The number of aromatic nitrogens is 5. The minimum absolute atomic E-state index is 0.156. The van der Waals surface area contributed by atoms with Crippen molar-refractivity contribution >= 4 is 16.8 Å². The molecule has 152 valence electrons. The van der Waals surface area contributed by atoms with Crippen molar-refractivity contribution in [1.82, 2.24) is 30.1 Å². The normalized spacial score (nSPS) is 16.8. The highest BCUT2D eigenvalue weighted by Crippen LogP contribution is 2.27. The molecule has 30 heavy (non-hydrogen) atoms. The number of hydrogen-bond acceptors (Lipinski definition) is 5. The SMILES string of the molecule is O=C(c1c(-c2ccc3[nH]ncc3c2)nnn1Cc1ccccc1)N1CCC[C@@H](O)C1. The summed E-state index contributed by atoms with van der Waals surface area (Å²) in [5.41, 5.74) is 3.74. The Morgan fingerprint density at radius 2 is 2.07 bits per heavy atom. The lowest BCUT2D eigenvalue weighted by Gasteiger charge is -2.30. The molecule has 1 amide bonds. The lowest BCUT2D eigenvalue weighted by molar-refractivity contribution is 0.0464. The number of nitrogens with one attached hydrogen (secondary N) is 1. The largest absolute Gasteiger partial charge is 0.391 e. The standard InChI is InChI=1S/C22H22N6O2/c29-18-7-4-10-27(14-18)22(30)21-20(16-8-9-19-17(11-16)12-23-24-19)25-26-28(21)13-15-5-2-1-3-6-15/h1-3,5-6,8-9,11-12,18,29H,4,7,10,13-14H2,(H,23,24)/t18-/m1/s1. The van der Waals surface area contributed by atoms with Gasteiger partial charge in [0.1, 0.15) is 5.69 Å². The first-order valence-electron chi connectivity index (χ1n) is 10.1. The molecule has 8 nitrogen and oxygen atoms in total. The van der Waals surface area contributed by atoms with Crippen molar-refractivity contribution in [2.24, 2.45) is 0 Å². The number of H-pyrrole nitrogens is 1. The summed E-state index contributed by atoms with van der Waals surface area (Å²) >= 11 is 0. The fourth-order valence-electron chi connectivity index (χ4n) is 3.97. The Labute approximate surface area is 173 Å². The predicted molar refractivity (Wildman–Crippen MR) is 112 cm³/mol. The van der Waals surface area contributed by atoms with Gasteiger partial charge in [-0.1, -0.05) is 41.6 Å². The highest BCUT2D eigenvalue weighted by atomic mass is 16.3. The fourth-order valence-corrected chi connectivity index (χ4v) is 3.97. The molecular weight excluding hydrogens is 380 g/mol. The summed E-state index contributed by atoms with van der Waals surface area (Å²) in [7, 11) is 0. The number of benzene rings is 2. The zero-order chi connectivity index (χ0) is 20.5. The third-order valence-electron chi connectivity index (χ3n) is 5.51. The van der Waals surface area contributed by atoms with Gasteiger partial charge in [-0.25, -0.2) is 4.68 Å². The number of rotatable bonds is 4. The van der Waals surface area contributed by atoms with Crippen LogP contribution in [0.2, 0.25) is 0 Å². The number of β-amino-alcohol motifs (C(OH)–C–C–N with tert-alkyl or cyclic N) is 1. The first-order chi connectivity index (χ1) is 14.7. The molecule has 0 bridgehead atoms. The van der Waals surface area contributed by atoms with Crippen molar-refractivity contribution in [3.05, 3.63) is 66.0 Å². The third kappa shape index (κ3) is 3.46. The Kier molecular flexibility index (Phi) is 4.76. The quantitative estimate of drug-likeness (QED) is 0.546. The zero-order valence-electron chi connectivity index (χ0n) is 16.4. The molecule has 1 atom stereocenters. The fraction of sp³-hybridized carbons (Fsp3) is 0.273. The van der Waals surface area contributed by atoms with Crippen LogP contribution in [-0.4, -0.2) is 60.3 Å². The molecule has 2 aromatic carbocycles. The molecule has 0 aliphatic carbocycles. The molecule has 1 aliphatic heterocycles. The topological polar surface area (TPSA) is 99.9 Å². The van der Waals surface area contributed by atoms with Gasteiger partial charge in [-0.3, -0.25) is 9.89 Å². The molecule has 1 saturated heterocycles. The van der Waals surface area contributed by atoms with Gasteiger partial charge in [0.2, 0.25) is 0 Å². The Bertz CT molecular complexity index is 1180. The van der Waals surface area contributed by atoms with Crippen molar-refractivity contribution in [3.63, 3.8) is 0 Å². The summed E-state index contributed by atoms with van der Waals surface area (Å²) in [5, 5.41) is 26.7. The molecule has 1 aliphatic rings. The number of nitrogens with zero attached hydrogens (tertiary/aromatic N) is 5. The van der Waals surface area contributed by atoms with E-state index in [2.05, 4.69) is 20.5 Å². The van der Waals surface area contributed by atoms with Crippen LogP contribution < -0.4 is 0 Å². The van der Waals surface area contributed by atoms with E-state index in [9.17, 15) is 9.90 Å². The number of aliphatic hydroxyl groups is 1. The first-order valence-corrected chi connectivity index (χ1v) is 10.1. The van der Waals surface area contributed by atoms with Crippen molar-refractivity contribution in [2.75, 3.05) is 13.1 Å². The Morgan fingerprint density at radius 3 is 2.90 bits per heavy atom. The average molecular weight is 402 g/mol. The van der Waals surface area contributed by atoms with Crippen LogP contribution in [0.3, 0.4) is 0 Å². The summed E-state index contributed by atoms with van der Waals surface area (Å²) in [4.78, 5) is 15.2. The van der Waals surface area contributed by atoms with Crippen LogP contribution in [0.1, 0.15) is 28.9 Å². The third-order valence-corrected chi connectivity index (χ3v) is 5.51. The molecule has 0 radical (unpaired) electrons. The zero-order valence-corrected chi connectivity index (χ0v) is 16.4. The number of likely N-dealkylation sites (tertiary alicyclic amines) is 1. The van der Waals surface area contributed by atoms with Crippen LogP contribution >= 0.6 is 0 Å². The number of hydrogen-bond donors (Lipinski definition) is 2. The maximum absolute atomic E-state index is 13.5. The van der Waals surface area contributed by atoms with Gasteiger partial charge in [-0.05, 0) is 30.5 Å². The van der Waals surface area contributed by atoms with Gasteiger partial charge in [0, 0.05) is 24.0 Å². The molecule has 0 spiro atoms. The lowest BCUT2D eigenvalue weighted by atomic mass is 10.0. The predicted octanol–water partition coefficient (Wildman–Crippen LogP) is 2.47. The van der Waals surface area contributed by atoms with Gasteiger partial charge < -0.3 is 10.0 Å². The molecule has 0 unspecified atom stereocenters. The molecule has 1 fully saturated rings. The van der Waals surface area contributed by atoms with E-state index >= 15 is 0 Å². The molecule has 8 heteroatoms. The molecule has 4 aromatic rings. The smallest absolute Gasteiger partial charge is 0.274 e. The number of fused-ring (bicyclic) bond motifs is 1. The van der Waals surface area contributed by atoms with E-state index in [0.29, 0.717) is 31.0 Å². The number of carbonyl (C=O) groups excluding carboxylic acids is 1. The van der Waals surface area contributed by atoms with Gasteiger partial charge in [0.15, 0.2) is 5.69 Å². The van der Waals surface area contributed by atoms with Gasteiger partial charge >= 0.3 is 0 Å². The number of aliphatic hydroxyl groups excluding tert-OH is 1. The van der Waals surface area contributed by atoms with Gasteiger partial charge in [0.05, 0.1) is 24.4 Å². The number of amides is 1. The number of carbonyl (C=O) groups is 1. The van der Waals surface area contributed by atoms with Gasteiger partial charge in [-0.15, -0.1) is 5.10 Å². The van der Waals surface area contributed by atoms with Gasteiger partial charge in [-0.2, -0.15) is 5.10 Å². The van der Waals surface area contributed by atoms with Crippen molar-refractivity contribution in [2.45, 2.75) is 25.5 Å². The van der Waals surface area contributed by atoms with E-state index in [-0.39, 0.29) is 5.91 Å². The van der Waals surface area contributed by atoms with Gasteiger partial charge in [0.25, 0.3) is 5.91 Å². The van der Waals surface area contributed by atoms with E-state index in [4.69, 9.17) is 0 Å². The van der Waals surface area contributed by atoms with Crippen molar-refractivity contribution < 1.29 is 9.90 Å². The average Bonchev–Trinajstić information content (AvgIpc) is 3.40. The van der Waals surface area contributed by atoms with Crippen LogP contribution in [0.25, 0.3) is 22.2 Å². The second-order valence-corrected chi connectivity index (χ2v) is 7.65. The van der Waals surface area contributed by atoms with Crippen molar-refractivity contribution in [3.8, 4) is 11.3 Å². The van der Waals surface area contributed by atoms with Crippen LogP contribution in [0.15, 0.2) is 54.7 Å².